The van der Waals surface area contributed by atoms with Gasteiger partial charge in [0.05, 0.1) is 12.5 Å². The van der Waals surface area contributed by atoms with Crippen LogP contribution >= 0.6 is 0 Å². The topological polar surface area (TPSA) is 109 Å². The monoisotopic (exact) mass is 377 g/mol. The lowest BCUT2D eigenvalue weighted by Gasteiger charge is -2.25. The first-order chi connectivity index (χ1) is 12.8. The van der Waals surface area contributed by atoms with Crippen molar-refractivity contribution in [1.82, 2.24) is 9.24 Å². The molecule has 1 unspecified atom stereocenters. The van der Waals surface area contributed by atoms with Gasteiger partial charge in [0, 0.05) is 25.2 Å². The minimum absolute atomic E-state index is 0.00130. The van der Waals surface area contributed by atoms with Crippen LogP contribution < -0.4 is 32.5 Å². The fourth-order valence-corrected chi connectivity index (χ4v) is 4.02. The van der Waals surface area contributed by atoms with Crippen molar-refractivity contribution in [2.24, 2.45) is 11.7 Å². The fraction of sp³-hybridized carbons (Fsp3) is 0.556. The Labute approximate surface area is 155 Å². The molecule has 8 nitrogen and oxygen atoms in total. The van der Waals surface area contributed by atoms with Crippen molar-refractivity contribution in [1.29, 1.82) is 0 Å². The van der Waals surface area contributed by atoms with Gasteiger partial charge >= 0.3 is 5.69 Å². The summed E-state index contributed by atoms with van der Waals surface area (Å²) in [5, 5.41) is 0.0463. The van der Waals surface area contributed by atoms with Gasteiger partial charge in [0.1, 0.15) is 11.2 Å². The van der Waals surface area contributed by atoms with Gasteiger partial charge in [-0.1, -0.05) is 0 Å². The normalized spacial score (nSPS) is 21.0. The Morgan fingerprint density at radius 3 is 2.56 bits per heavy atom. The minimum Gasteiger partial charge on any atom is -0.492 e. The highest BCUT2D eigenvalue weighted by atomic mass is 19.1. The van der Waals surface area contributed by atoms with Crippen molar-refractivity contribution in [3.63, 3.8) is 0 Å². The second-order valence-corrected chi connectivity index (χ2v) is 7.55. The molecule has 4 N–H and O–H groups in total. The van der Waals surface area contributed by atoms with Crippen LogP contribution in [0.2, 0.25) is 0 Å². The van der Waals surface area contributed by atoms with Crippen LogP contribution in [0.4, 0.5) is 10.1 Å². The van der Waals surface area contributed by atoms with E-state index in [1.165, 1.54) is 11.7 Å². The van der Waals surface area contributed by atoms with Crippen molar-refractivity contribution in [3.8, 4) is 5.75 Å². The molecule has 0 amide bonds. The van der Waals surface area contributed by atoms with Gasteiger partial charge in [0.15, 0.2) is 11.6 Å². The van der Waals surface area contributed by atoms with Gasteiger partial charge in [-0.25, -0.2) is 9.18 Å². The summed E-state index contributed by atoms with van der Waals surface area (Å²) in [7, 11) is 1.42. The smallest absolute Gasteiger partial charge is 0.350 e. The van der Waals surface area contributed by atoms with Crippen molar-refractivity contribution in [3.05, 3.63) is 32.7 Å². The molecule has 0 radical (unpaired) electrons. The molecule has 4 rings (SSSR count). The number of rotatable bonds is 4. The van der Waals surface area contributed by atoms with Crippen LogP contribution in [-0.4, -0.2) is 35.5 Å². The molecule has 1 aromatic heterocycles. The van der Waals surface area contributed by atoms with E-state index in [9.17, 15) is 9.59 Å². The summed E-state index contributed by atoms with van der Waals surface area (Å²) >= 11 is 0. The zero-order valence-corrected chi connectivity index (χ0v) is 15.4. The molecule has 2 fully saturated rings. The number of fused-ring (bicyclic) bond motifs is 1. The van der Waals surface area contributed by atoms with E-state index >= 15 is 4.39 Å². The van der Waals surface area contributed by atoms with Crippen molar-refractivity contribution in [2.75, 3.05) is 30.9 Å². The van der Waals surface area contributed by atoms with Gasteiger partial charge in [-0.3, -0.25) is 9.36 Å². The molecule has 146 valence electrons. The number of methoxy groups -OCH3 is 1. The Kier molecular flexibility index (Phi) is 4.14. The Morgan fingerprint density at radius 1 is 1.30 bits per heavy atom. The van der Waals surface area contributed by atoms with E-state index in [1.807, 2.05) is 11.8 Å². The SMILES string of the molecule is COc1c(N2CCC([C@H](C)N)C2)c(F)cc2c(=O)n(N)c(=O)n(C3CC3)c12. The predicted molar refractivity (Wildman–Crippen MR) is 101 cm³/mol. The molecule has 1 aromatic carbocycles. The Hall–Kier alpha value is -2.55. The minimum atomic E-state index is -0.731. The summed E-state index contributed by atoms with van der Waals surface area (Å²) in [5.74, 6) is 5.53. The maximum Gasteiger partial charge on any atom is 0.350 e. The van der Waals surface area contributed by atoms with E-state index < -0.39 is 17.1 Å². The van der Waals surface area contributed by atoms with E-state index in [1.54, 1.807) is 0 Å². The first-order valence-electron chi connectivity index (χ1n) is 9.18. The summed E-state index contributed by atoms with van der Waals surface area (Å²) in [4.78, 5) is 27.0. The lowest BCUT2D eigenvalue weighted by Crippen LogP contribution is -2.44. The van der Waals surface area contributed by atoms with E-state index in [0.717, 1.165) is 25.3 Å². The maximum absolute atomic E-state index is 15.1. The van der Waals surface area contributed by atoms with Crippen molar-refractivity contribution >= 4 is 16.6 Å². The van der Waals surface area contributed by atoms with Gasteiger partial charge in [0.25, 0.3) is 5.56 Å². The predicted octanol–water partition coefficient (Wildman–Crippen LogP) is 0.533. The summed E-state index contributed by atoms with van der Waals surface area (Å²) in [6, 6.07) is 1.10. The molecular formula is C18H24FN5O3. The number of anilines is 1. The zero-order valence-electron chi connectivity index (χ0n) is 15.4. The molecule has 2 heterocycles. The molecule has 0 spiro atoms. The molecule has 2 atom stereocenters. The first-order valence-corrected chi connectivity index (χ1v) is 9.18. The lowest BCUT2D eigenvalue weighted by atomic mass is 10.0. The quantitative estimate of drug-likeness (QED) is 0.753. The van der Waals surface area contributed by atoms with Crippen LogP contribution in [0.1, 0.15) is 32.2 Å². The molecule has 1 saturated heterocycles. The molecule has 27 heavy (non-hydrogen) atoms. The molecule has 1 aliphatic carbocycles. The van der Waals surface area contributed by atoms with Crippen molar-refractivity contribution < 1.29 is 9.13 Å². The second kappa shape index (κ2) is 6.26. The van der Waals surface area contributed by atoms with Gasteiger partial charge < -0.3 is 21.2 Å². The number of benzene rings is 1. The molecule has 1 saturated carbocycles. The third-order valence-electron chi connectivity index (χ3n) is 5.69. The zero-order chi connectivity index (χ0) is 19.5. The number of hydrogen-bond acceptors (Lipinski definition) is 6. The number of hydrogen-bond donors (Lipinski definition) is 2. The van der Waals surface area contributed by atoms with Crippen LogP contribution in [-0.2, 0) is 0 Å². The lowest BCUT2D eigenvalue weighted by molar-refractivity contribution is 0.412. The van der Waals surface area contributed by atoms with Gasteiger partial charge in [0.2, 0.25) is 0 Å². The largest absolute Gasteiger partial charge is 0.492 e. The molecule has 1 aliphatic heterocycles. The average Bonchev–Trinajstić information content (AvgIpc) is 3.35. The van der Waals surface area contributed by atoms with Gasteiger partial charge in [-0.2, -0.15) is 4.68 Å². The van der Waals surface area contributed by atoms with Crippen LogP contribution in [0.15, 0.2) is 15.7 Å². The summed E-state index contributed by atoms with van der Waals surface area (Å²) < 4.78 is 22.6. The van der Waals surface area contributed by atoms with E-state index in [4.69, 9.17) is 16.3 Å². The fourth-order valence-electron chi connectivity index (χ4n) is 4.02. The standard InChI is InChI=1S/C18H24FN5O3/c1-9(20)10-5-6-22(8-10)15-13(19)7-12-14(16(15)27-2)23(11-3-4-11)18(26)24(21)17(12)25/h7,9-11H,3-6,8,20-21H2,1-2H3/t9-,10?/m0/s1. The Balaban J connectivity index is 2.01. The van der Waals surface area contributed by atoms with Crippen molar-refractivity contribution in [2.45, 2.75) is 38.3 Å². The number of ether oxygens (including phenoxy) is 1. The highest BCUT2D eigenvalue weighted by molar-refractivity contribution is 5.91. The number of nitrogens with two attached hydrogens (primary N) is 2. The molecule has 9 heteroatoms. The first kappa shape index (κ1) is 17.8. The average molecular weight is 377 g/mol. The number of nitrogen functional groups attached to an aromatic ring is 1. The third kappa shape index (κ3) is 2.68. The number of halogens is 1. The third-order valence-corrected chi connectivity index (χ3v) is 5.69. The highest BCUT2D eigenvalue weighted by Gasteiger charge is 2.34. The number of nitrogens with zero attached hydrogens (tertiary/aromatic N) is 3. The van der Waals surface area contributed by atoms with Gasteiger partial charge in [-0.05, 0) is 38.2 Å². The van der Waals surface area contributed by atoms with Crippen LogP contribution in [0.5, 0.6) is 5.75 Å². The van der Waals surface area contributed by atoms with E-state index in [2.05, 4.69) is 0 Å². The van der Waals surface area contributed by atoms with Crippen LogP contribution in [0, 0.1) is 11.7 Å². The second-order valence-electron chi connectivity index (χ2n) is 7.55. The Bertz CT molecular complexity index is 1020. The number of aromatic nitrogens is 2. The maximum atomic E-state index is 15.1. The summed E-state index contributed by atoms with van der Waals surface area (Å²) in [5.41, 5.74) is 5.26. The van der Waals surface area contributed by atoms with Gasteiger partial charge in [-0.15, -0.1) is 0 Å². The van der Waals surface area contributed by atoms with Crippen LogP contribution in [0.3, 0.4) is 0 Å². The molecule has 0 bridgehead atoms. The summed E-state index contributed by atoms with van der Waals surface area (Å²) in [6.07, 6.45) is 2.46. The molecule has 2 aromatic rings. The summed E-state index contributed by atoms with van der Waals surface area (Å²) in [6.45, 7) is 3.17. The molecule has 2 aliphatic rings. The van der Waals surface area contributed by atoms with E-state index in [0.29, 0.717) is 23.3 Å². The Morgan fingerprint density at radius 2 is 2.00 bits per heavy atom. The molecular weight excluding hydrogens is 353 g/mol. The van der Waals surface area contributed by atoms with Crippen LogP contribution in [0.25, 0.3) is 10.9 Å². The highest BCUT2D eigenvalue weighted by Crippen LogP contribution is 2.43. The van der Waals surface area contributed by atoms with E-state index in [-0.39, 0.29) is 34.8 Å².